The first-order valence-electron chi connectivity index (χ1n) is 9.03. The molecule has 0 unspecified atom stereocenters. The largest absolute Gasteiger partial charge is 0.497 e. The van der Waals surface area contributed by atoms with Crippen molar-refractivity contribution in [1.29, 1.82) is 10.8 Å². The minimum atomic E-state index is 0.106. The lowest BCUT2D eigenvalue weighted by Crippen LogP contribution is -2.42. The van der Waals surface area contributed by atoms with E-state index in [2.05, 4.69) is 4.99 Å². The Labute approximate surface area is 160 Å². The van der Waals surface area contributed by atoms with Gasteiger partial charge >= 0.3 is 0 Å². The van der Waals surface area contributed by atoms with Gasteiger partial charge in [-0.1, -0.05) is 0 Å². The summed E-state index contributed by atoms with van der Waals surface area (Å²) in [7, 11) is 1.64. The van der Waals surface area contributed by atoms with E-state index in [4.69, 9.17) is 26.0 Å². The second kappa shape index (κ2) is 9.21. The van der Waals surface area contributed by atoms with E-state index in [1.807, 2.05) is 36.1 Å². The van der Waals surface area contributed by atoms with Crippen LogP contribution in [0.25, 0.3) is 0 Å². The topological polar surface area (TPSA) is 108 Å². The van der Waals surface area contributed by atoms with Crippen LogP contribution in [-0.4, -0.2) is 48.7 Å². The highest BCUT2D eigenvalue weighted by Gasteiger charge is 2.23. The van der Waals surface area contributed by atoms with E-state index in [1.54, 1.807) is 21.0 Å². The number of nitrogens with one attached hydrogen (secondary N) is 2. The van der Waals surface area contributed by atoms with E-state index >= 15 is 0 Å². The third kappa shape index (κ3) is 5.57. The van der Waals surface area contributed by atoms with Crippen LogP contribution in [-0.2, 0) is 0 Å². The molecule has 0 saturated carbocycles. The highest BCUT2D eigenvalue weighted by Crippen LogP contribution is 2.23. The molecule has 1 aliphatic rings. The summed E-state index contributed by atoms with van der Waals surface area (Å²) in [6.07, 6.45) is 1.83. The van der Waals surface area contributed by atoms with Crippen molar-refractivity contribution in [3.8, 4) is 11.5 Å². The van der Waals surface area contributed by atoms with Gasteiger partial charge in [-0.15, -0.1) is 0 Å². The Hall–Kier alpha value is -2.83. The van der Waals surface area contributed by atoms with Crippen LogP contribution in [0.2, 0.25) is 0 Å². The van der Waals surface area contributed by atoms with Crippen LogP contribution in [0.3, 0.4) is 0 Å². The standard InChI is InChI=1S/C20H29N5O2/c1-13(19(22)24-15(3)21)14(2)20(23)25-11-9-18(10-12-25)27-17-7-5-16(26-4)6-8-17/h5-8,18,23H,9-12H2,1-4H3,(H3,21,22,24)/b14-13-,23-20?. The maximum absolute atomic E-state index is 8.46. The van der Waals surface area contributed by atoms with Crippen molar-refractivity contribution < 1.29 is 9.47 Å². The van der Waals surface area contributed by atoms with Crippen molar-refractivity contribution in [1.82, 2.24) is 4.90 Å². The highest BCUT2D eigenvalue weighted by atomic mass is 16.5. The van der Waals surface area contributed by atoms with Gasteiger partial charge in [0.25, 0.3) is 0 Å². The smallest absolute Gasteiger partial charge is 0.149 e. The molecule has 7 heteroatoms. The number of nitrogens with two attached hydrogens (primary N) is 1. The molecular weight excluding hydrogens is 342 g/mol. The van der Waals surface area contributed by atoms with E-state index in [9.17, 15) is 0 Å². The first-order chi connectivity index (χ1) is 12.8. The van der Waals surface area contributed by atoms with E-state index in [-0.39, 0.29) is 11.9 Å². The van der Waals surface area contributed by atoms with E-state index in [1.165, 1.54) is 0 Å². The molecule has 7 nitrogen and oxygen atoms in total. The Kier molecular flexibility index (Phi) is 6.98. The van der Waals surface area contributed by atoms with Crippen LogP contribution in [0.15, 0.2) is 40.4 Å². The van der Waals surface area contributed by atoms with Crippen LogP contribution < -0.4 is 15.2 Å². The molecule has 0 aliphatic carbocycles. The molecule has 0 radical (unpaired) electrons. The first-order valence-corrected chi connectivity index (χ1v) is 9.03. The van der Waals surface area contributed by atoms with Crippen molar-refractivity contribution in [3.63, 3.8) is 0 Å². The quantitative estimate of drug-likeness (QED) is 0.545. The number of hydrogen-bond donors (Lipinski definition) is 3. The third-order valence-corrected chi connectivity index (χ3v) is 4.68. The van der Waals surface area contributed by atoms with E-state index in [0.717, 1.165) is 43.0 Å². The zero-order valence-electron chi connectivity index (χ0n) is 16.5. The summed E-state index contributed by atoms with van der Waals surface area (Å²) in [5.74, 6) is 2.53. The Morgan fingerprint density at radius 3 is 2.11 bits per heavy atom. The molecule has 0 spiro atoms. The Morgan fingerprint density at radius 1 is 1.04 bits per heavy atom. The maximum Gasteiger partial charge on any atom is 0.149 e. The van der Waals surface area contributed by atoms with Gasteiger partial charge in [0.05, 0.1) is 12.9 Å². The molecule has 4 N–H and O–H groups in total. The fraction of sp³-hybridized carbons (Fsp3) is 0.450. The van der Waals surface area contributed by atoms with E-state index < -0.39 is 0 Å². The molecule has 1 saturated heterocycles. The molecule has 146 valence electrons. The summed E-state index contributed by atoms with van der Waals surface area (Å²) in [4.78, 5) is 6.00. The summed E-state index contributed by atoms with van der Waals surface area (Å²) >= 11 is 0. The number of aliphatic imine (C=N–C) groups is 1. The predicted molar refractivity (Wildman–Crippen MR) is 109 cm³/mol. The van der Waals surface area contributed by atoms with Crippen molar-refractivity contribution in [3.05, 3.63) is 35.4 Å². The minimum absolute atomic E-state index is 0.106. The molecule has 27 heavy (non-hydrogen) atoms. The Bertz CT molecular complexity index is 740. The number of nitrogens with zero attached hydrogens (tertiary/aromatic N) is 2. The molecule has 1 heterocycles. The van der Waals surface area contributed by atoms with Crippen LogP contribution in [0, 0.1) is 10.8 Å². The molecule has 1 aromatic carbocycles. The monoisotopic (exact) mass is 371 g/mol. The lowest BCUT2D eigenvalue weighted by Gasteiger charge is -2.34. The van der Waals surface area contributed by atoms with Crippen molar-refractivity contribution in [2.24, 2.45) is 10.7 Å². The number of hydrogen-bond acceptors (Lipinski definition) is 4. The Morgan fingerprint density at radius 2 is 1.59 bits per heavy atom. The van der Waals surface area contributed by atoms with Crippen molar-refractivity contribution >= 4 is 17.5 Å². The van der Waals surface area contributed by atoms with Crippen molar-refractivity contribution in [2.75, 3.05) is 20.2 Å². The number of benzene rings is 1. The summed E-state index contributed by atoms with van der Waals surface area (Å²) in [6.45, 7) is 6.80. The van der Waals surface area contributed by atoms with Gasteiger partial charge in [-0.2, -0.15) is 0 Å². The average molecular weight is 371 g/mol. The molecule has 0 atom stereocenters. The lowest BCUT2D eigenvalue weighted by atomic mass is 10.0. The lowest BCUT2D eigenvalue weighted by molar-refractivity contribution is 0.131. The van der Waals surface area contributed by atoms with Gasteiger partial charge in [-0.05, 0) is 56.2 Å². The molecule has 0 bridgehead atoms. The first kappa shape index (κ1) is 20.5. The van der Waals surface area contributed by atoms with Gasteiger partial charge in [0.15, 0.2) is 0 Å². The number of likely N-dealkylation sites (tertiary alicyclic amines) is 1. The molecule has 1 aliphatic heterocycles. The van der Waals surface area contributed by atoms with Crippen LogP contribution in [0.5, 0.6) is 11.5 Å². The van der Waals surface area contributed by atoms with Crippen LogP contribution in [0.4, 0.5) is 0 Å². The predicted octanol–water partition coefficient (Wildman–Crippen LogP) is 3.21. The SMILES string of the molecule is COc1ccc(OC2CCN(C(=N)/C(C)=C(/C)C(=N)N=C(C)N)CC2)cc1. The summed E-state index contributed by atoms with van der Waals surface area (Å²) in [5, 5.41) is 16.4. The Balaban J connectivity index is 1.93. The number of amidine groups is 3. The van der Waals surface area contributed by atoms with Gasteiger partial charge in [-0.25, -0.2) is 4.99 Å². The maximum atomic E-state index is 8.46. The van der Waals surface area contributed by atoms with E-state index in [0.29, 0.717) is 17.2 Å². The summed E-state index contributed by atoms with van der Waals surface area (Å²) < 4.78 is 11.2. The zero-order chi connectivity index (χ0) is 20.0. The molecule has 0 aromatic heterocycles. The van der Waals surface area contributed by atoms with Crippen LogP contribution >= 0.6 is 0 Å². The highest BCUT2D eigenvalue weighted by molar-refractivity contribution is 6.09. The van der Waals surface area contributed by atoms with Crippen LogP contribution in [0.1, 0.15) is 33.6 Å². The average Bonchev–Trinajstić information content (AvgIpc) is 2.67. The minimum Gasteiger partial charge on any atom is -0.497 e. The van der Waals surface area contributed by atoms with Gasteiger partial charge in [-0.3, -0.25) is 10.8 Å². The number of piperidine rings is 1. The van der Waals surface area contributed by atoms with Gasteiger partial charge in [0.2, 0.25) is 0 Å². The third-order valence-electron chi connectivity index (χ3n) is 4.68. The summed E-state index contributed by atoms with van der Waals surface area (Å²) in [5.41, 5.74) is 6.96. The molecule has 1 fully saturated rings. The fourth-order valence-corrected chi connectivity index (χ4v) is 2.90. The van der Waals surface area contributed by atoms with Gasteiger partial charge in [0.1, 0.15) is 29.3 Å². The fourth-order valence-electron chi connectivity index (χ4n) is 2.90. The van der Waals surface area contributed by atoms with Gasteiger partial charge < -0.3 is 20.1 Å². The number of ether oxygens (including phenoxy) is 2. The molecule has 2 rings (SSSR count). The summed E-state index contributed by atoms with van der Waals surface area (Å²) in [6, 6.07) is 7.60. The number of rotatable bonds is 5. The zero-order valence-corrected chi connectivity index (χ0v) is 16.5. The number of methoxy groups -OCH3 is 1. The second-order valence-electron chi connectivity index (χ2n) is 6.68. The van der Waals surface area contributed by atoms with Gasteiger partial charge in [0, 0.05) is 25.9 Å². The molecular formula is C20H29N5O2. The molecule has 1 aromatic rings. The van der Waals surface area contributed by atoms with Crippen molar-refractivity contribution in [2.45, 2.75) is 39.7 Å². The molecule has 0 amide bonds. The second-order valence-corrected chi connectivity index (χ2v) is 6.68. The normalized spacial score (nSPS) is 16.6.